The summed E-state index contributed by atoms with van der Waals surface area (Å²) < 4.78 is 15.0. The molecule has 8 heteroatoms. The zero-order chi connectivity index (χ0) is 21.9. The Labute approximate surface area is 191 Å². The number of benzene rings is 1. The van der Waals surface area contributed by atoms with Crippen LogP contribution >= 0.6 is 11.3 Å². The number of allylic oxidation sites excluding steroid dienone is 1. The number of aromatic nitrogens is 3. The minimum Gasteiger partial charge on any atom is -0.355 e. The summed E-state index contributed by atoms with van der Waals surface area (Å²) in [6.07, 6.45) is 12.0. The molecule has 32 heavy (non-hydrogen) atoms. The number of fused-ring (bicyclic) bond motifs is 1. The molecule has 1 atom stereocenters. The quantitative estimate of drug-likeness (QED) is 0.544. The molecule has 1 amide bonds. The van der Waals surface area contributed by atoms with Crippen molar-refractivity contribution >= 4 is 27.3 Å². The van der Waals surface area contributed by atoms with Crippen LogP contribution < -0.4 is 10.2 Å². The SMILES string of the molecule is O=C(NCCC1=CCCCC1)C1CCCN(c2nn3cc(-c4ccc(F)cc4)nc3s2)C1. The van der Waals surface area contributed by atoms with Crippen LogP contribution in [0.2, 0.25) is 0 Å². The third-order valence-electron chi connectivity index (χ3n) is 6.37. The van der Waals surface area contributed by atoms with Gasteiger partial charge in [-0.15, -0.1) is 5.10 Å². The second-order valence-corrected chi connectivity index (χ2v) is 9.61. The van der Waals surface area contributed by atoms with Crippen LogP contribution in [0.15, 0.2) is 42.1 Å². The highest BCUT2D eigenvalue weighted by Gasteiger charge is 2.27. The number of hydrogen-bond acceptors (Lipinski definition) is 5. The number of piperidine rings is 1. The first-order chi connectivity index (χ1) is 15.7. The zero-order valence-corrected chi connectivity index (χ0v) is 18.9. The molecule has 1 saturated heterocycles. The first-order valence-corrected chi connectivity index (χ1v) is 12.3. The number of nitrogens with one attached hydrogen (secondary N) is 1. The summed E-state index contributed by atoms with van der Waals surface area (Å²) >= 11 is 1.53. The van der Waals surface area contributed by atoms with Gasteiger partial charge in [0.25, 0.3) is 0 Å². The standard InChI is InChI=1S/C24H28FN5OS/c25-20-10-8-18(9-11-20)21-16-30-23(27-21)32-24(28-30)29-14-4-7-19(15-29)22(31)26-13-12-17-5-2-1-3-6-17/h5,8-11,16,19H,1-4,6-7,12-15H2,(H,26,31). The Bertz CT molecular complexity index is 1090. The molecule has 0 saturated carbocycles. The average molecular weight is 454 g/mol. The molecule has 0 bridgehead atoms. The van der Waals surface area contributed by atoms with Crippen LogP contribution in [0, 0.1) is 11.7 Å². The number of halogens is 1. The Morgan fingerprint density at radius 2 is 2.09 bits per heavy atom. The number of nitrogens with zero attached hydrogens (tertiary/aromatic N) is 4. The van der Waals surface area contributed by atoms with Gasteiger partial charge in [0.2, 0.25) is 16.0 Å². The van der Waals surface area contributed by atoms with Crippen LogP contribution in [-0.2, 0) is 4.79 Å². The van der Waals surface area contributed by atoms with Crippen molar-refractivity contribution in [2.45, 2.75) is 44.9 Å². The largest absolute Gasteiger partial charge is 0.355 e. The Kier molecular flexibility index (Phi) is 6.21. The predicted octanol–water partition coefficient (Wildman–Crippen LogP) is 4.82. The maximum Gasteiger partial charge on any atom is 0.224 e. The van der Waals surface area contributed by atoms with Gasteiger partial charge in [-0.1, -0.05) is 23.0 Å². The van der Waals surface area contributed by atoms with Crippen molar-refractivity contribution in [1.82, 2.24) is 19.9 Å². The van der Waals surface area contributed by atoms with Crippen LogP contribution in [0.25, 0.3) is 16.2 Å². The van der Waals surface area contributed by atoms with E-state index in [4.69, 9.17) is 5.10 Å². The van der Waals surface area contributed by atoms with Gasteiger partial charge in [-0.2, -0.15) is 0 Å². The molecule has 0 radical (unpaired) electrons. The molecule has 1 fully saturated rings. The normalized spacial score (nSPS) is 19.2. The smallest absolute Gasteiger partial charge is 0.224 e. The van der Waals surface area contributed by atoms with Crippen molar-refractivity contribution in [3.05, 3.63) is 47.9 Å². The van der Waals surface area contributed by atoms with E-state index in [-0.39, 0.29) is 17.6 Å². The van der Waals surface area contributed by atoms with Gasteiger partial charge in [0.15, 0.2) is 0 Å². The lowest BCUT2D eigenvalue weighted by atomic mass is 9.96. The van der Waals surface area contributed by atoms with E-state index in [1.165, 1.54) is 54.7 Å². The third-order valence-corrected chi connectivity index (χ3v) is 7.35. The van der Waals surface area contributed by atoms with Crippen molar-refractivity contribution in [2.75, 3.05) is 24.5 Å². The lowest BCUT2D eigenvalue weighted by molar-refractivity contribution is -0.125. The van der Waals surface area contributed by atoms with Crippen molar-refractivity contribution in [3.63, 3.8) is 0 Å². The Morgan fingerprint density at radius 3 is 2.88 bits per heavy atom. The van der Waals surface area contributed by atoms with E-state index in [1.54, 1.807) is 16.6 Å². The number of imidazole rings is 1. The summed E-state index contributed by atoms with van der Waals surface area (Å²) in [5, 5.41) is 8.75. The number of anilines is 1. The van der Waals surface area contributed by atoms with Gasteiger partial charge in [0, 0.05) is 25.2 Å². The molecule has 3 heterocycles. The number of rotatable bonds is 6. The molecule has 1 aliphatic heterocycles. The predicted molar refractivity (Wildman–Crippen MR) is 125 cm³/mol. The fraction of sp³-hybridized carbons (Fsp3) is 0.458. The Hall–Kier alpha value is -2.74. The molecule has 2 aliphatic rings. The minimum absolute atomic E-state index is 0.00455. The first kappa shape index (κ1) is 21.1. The highest BCUT2D eigenvalue weighted by Crippen LogP contribution is 2.30. The van der Waals surface area contributed by atoms with Gasteiger partial charge in [0.1, 0.15) is 5.82 Å². The van der Waals surface area contributed by atoms with E-state index < -0.39 is 0 Å². The van der Waals surface area contributed by atoms with E-state index in [1.807, 2.05) is 6.20 Å². The van der Waals surface area contributed by atoms with E-state index in [2.05, 4.69) is 21.3 Å². The summed E-state index contributed by atoms with van der Waals surface area (Å²) in [5.74, 6) is -0.105. The van der Waals surface area contributed by atoms with E-state index in [0.717, 1.165) is 53.7 Å². The van der Waals surface area contributed by atoms with Crippen molar-refractivity contribution in [3.8, 4) is 11.3 Å². The summed E-state index contributed by atoms with van der Waals surface area (Å²) in [4.78, 5) is 20.4. The van der Waals surface area contributed by atoms with Gasteiger partial charge in [-0.3, -0.25) is 4.79 Å². The summed E-state index contributed by atoms with van der Waals surface area (Å²) in [7, 11) is 0. The maximum atomic E-state index is 13.2. The third kappa shape index (κ3) is 4.70. The second kappa shape index (κ2) is 9.40. The molecule has 2 aromatic heterocycles. The topological polar surface area (TPSA) is 62.5 Å². The van der Waals surface area contributed by atoms with Crippen LogP contribution in [0.4, 0.5) is 9.52 Å². The molecular weight excluding hydrogens is 425 g/mol. The molecule has 1 N–H and O–H groups in total. The first-order valence-electron chi connectivity index (χ1n) is 11.5. The fourth-order valence-corrected chi connectivity index (χ4v) is 5.48. The van der Waals surface area contributed by atoms with Crippen LogP contribution in [0.3, 0.4) is 0 Å². The number of amides is 1. The molecular formula is C24H28FN5OS. The molecule has 0 spiro atoms. The van der Waals surface area contributed by atoms with Crippen molar-refractivity contribution < 1.29 is 9.18 Å². The summed E-state index contributed by atoms with van der Waals surface area (Å²) in [5.41, 5.74) is 3.14. The van der Waals surface area contributed by atoms with Crippen LogP contribution in [0.1, 0.15) is 44.9 Å². The van der Waals surface area contributed by atoms with E-state index in [9.17, 15) is 9.18 Å². The van der Waals surface area contributed by atoms with Crippen LogP contribution in [-0.4, -0.2) is 40.1 Å². The highest BCUT2D eigenvalue weighted by atomic mass is 32.1. The highest BCUT2D eigenvalue weighted by molar-refractivity contribution is 7.20. The van der Waals surface area contributed by atoms with Gasteiger partial charge in [-0.25, -0.2) is 13.9 Å². The van der Waals surface area contributed by atoms with E-state index in [0.29, 0.717) is 6.54 Å². The monoisotopic (exact) mass is 453 g/mol. The molecule has 3 aromatic rings. The molecule has 5 rings (SSSR count). The molecule has 6 nitrogen and oxygen atoms in total. The zero-order valence-electron chi connectivity index (χ0n) is 18.1. The van der Waals surface area contributed by atoms with Crippen LogP contribution in [0.5, 0.6) is 0 Å². The van der Waals surface area contributed by atoms with Gasteiger partial charge < -0.3 is 10.2 Å². The van der Waals surface area contributed by atoms with Gasteiger partial charge in [0.05, 0.1) is 17.8 Å². The fourth-order valence-electron chi connectivity index (χ4n) is 4.56. The molecule has 168 valence electrons. The number of hydrogen-bond donors (Lipinski definition) is 1. The molecule has 1 aliphatic carbocycles. The summed E-state index contributed by atoms with van der Waals surface area (Å²) in [6, 6.07) is 6.32. The maximum absolute atomic E-state index is 13.2. The second-order valence-electron chi connectivity index (χ2n) is 8.68. The molecule has 1 unspecified atom stereocenters. The minimum atomic E-state index is -0.259. The Morgan fingerprint density at radius 1 is 1.22 bits per heavy atom. The van der Waals surface area contributed by atoms with Gasteiger partial charge in [-0.05, 0) is 69.2 Å². The van der Waals surface area contributed by atoms with Gasteiger partial charge >= 0.3 is 0 Å². The Balaban J connectivity index is 1.20. The summed E-state index contributed by atoms with van der Waals surface area (Å²) in [6.45, 7) is 2.33. The average Bonchev–Trinajstić information content (AvgIpc) is 3.40. The van der Waals surface area contributed by atoms with E-state index >= 15 is 0 Å². The lowest BCUT2D eigenvalue weighted by Gasteiger charge is -2.31. The number of carbonyl (C=O) groups is 1. The molecule has 1 aromatic carbocycles. The number of carbonyl (C=O) groups excluding carboxylic acids is 1. The van der Waals surface area contributed by atoms with Crippen molar-refractivity contribution in [1.29, 1.82) is 0 Å². The lowest BCUT2D eigenvalue weighted by Crippen LogP contribution is -2.43. The van der Waals surface area contributed by atoms with Crippen molar-refractivity contribution in [2.24, 2.45) is 5.92 Å².